The lowest BCUT2D eigenvalue weighted by Gasteiger charge is -2.38. The zero-order valence-corrected chi connectivity index (χ0v) is 14.2. The Hall–Kier alpha value is -2.46. The van der Waals surface area contributed by atoms with Crippen LogP contribution in [0.5, 0.6) is 0 Å². The number of furan rings is 1. The first-order valence-corrected chi connectivity index (χ1v) is 8.11. The molecule has 10 heteroatoms. The van der Waals surface area contributed by atoms with Gasteiger partial charge in [-0.05, 0) is 20.0 Å². The van der Waals surface area contributed by atoms with Gasteiger partial charge in [0.05, 0.1) is 18.8 Å². The predicted molar refractivity (Wildman–Crippen MR) is 88.5 cm³/mol. The molecule has 0 aliphatic carbocycles. The summed E-state index contributed by atoms with van der Waals surface area (Å²) in [5.41, 5.74) is 0. The maximum absolute atomic E-state index is 11.9. The molecule has 10 nitrogen and oxygen atoms in total. The normalized spacial score (nSPS) is 25.7. The molecule has 1 aromatic heterocycles. The molecule has 2 saturated heterocycles. The van der Waals surface area contributed by atoms with Crippen LogP contribution in [-0.4, -0.2) is 84.0 Å². The quantitative estimate of drug-likeness (QED) is 0.442. The molecule has 0 bridgehead atoms. The number of amides is 1. The van der Waals surface area contributed by atoms with Gasteiger partial charge in [0.2, 0.25) is 0 Å². The first-order valence-electron chi connectivity index (χ1n) is 8.11. The molecule has 1 amide bonds. The minimum absolute atomic E-state index is 0.204. The van der Waals surface area contributed by atoms with Crippen molar-refractivity contribution in [3.05, 3.63) is 28.0 Å². The third-order valence-electron chi connectivity index (χ3n) is 4.48. The van der Waals surface area contributed by atoms with E-state index in [1.807, 2.05) is 0 Å². The van der Waals surface area contributed by atoms with Gasteiger partial charge in [-0.15, -0.1) is 0 Å². The van der Waals surface area contributed by atoms with Crippen LogP contribution in [0.15, 0.2) is 21.7 Å². The van der Waals surface area contributed by atoms with Crippen LogP contribution in [-0.2, 0) is 4.74 Å². The largest absolute Gasteiger partial charge is 0.441 e. The van der Waals surface area contributed by atoms with Crippen LogP contribution in [0.3, 0.4) is 0 Å². The highest BCUT2D eigenvalue weighted by Gasteiger charge is 2.33. The van der Waals surface area contributed by atoms with Crippen molar-refractivity contribution in [1.29, 1.82) is 0 Å². The Morgan fingerprint density at radius 3 is 2.88 bits per heavy atom. The zero-order valence-electron chi connectivity index (χ0n) is 14.2. The summed E-state index contributed by atoms with van der Waals surface area (Å²) in [5, 5.41) is 15.8. The number of hydrazone groups is 1. The van der Waals surface area contributed by atoms with Gasteiger partial charge in [0.1, 0.15) is 11.0 Å². The minimum atomic E-state index is -0.630. The molecule has 0 aromatic carbocycles. The second-order valence-corrected chi connectivity index (χ2v) is 6.35. The standard InChI is InChI=1S/C15H21N5O5/c1-11-8-18(6-5-17(11)2)9-13-10-19(15(21)25-13)16-7-12-3-4-14(24-12)20(22)23/h3-4,7,11,13H,5-6,8-10H2,1-2H3/b16-7+. The Morgan fingerprint density at radius 2 is 2.20 bits per heavy atom. The smallest absolute Gasteiger partial charge is 0.433 e. The molecule has 0 saturated carbocycles. The highest BCUT2D eigenvalue weighted by atomic mass is 16.6. The van der Waals surface area contributed by atoms with Crippen LogP contribution in [0.25, 0.3) is 0 Å². The van der Waals surface area contributed by atoms with E-state index in [4.69, 9.17) is 9.15 Å². The number of hydrogen-bond acceptors (Lipinski definition) is 8. The van der Waals surface area contributed by atoms with E-state index in [9.17, 15) is 14.9 Å². The number of rotatable bonds is 5. The number of nitro groups is 1. The molecule has 2 aliphatic rings. The van der Waals surface area contributed by atoms with Crippen molar-refractivity contribution in [1.82, 2.24) is 14.8 Å². The lowest BCUT2D eigenvalue weighted by Crippen LogP contribution is -2.52. The molecule has 136 valence electrons. The van der Waals surface area contributed by atoms with Gasteiger partial charge < -0.3 is 14.1 Å². The van der Waals surface area contributed by atoms with Crippen LogP contribution in [0, 0.1) is 10.1 Å². The van der Waals surface area contributed by atoms with Gasteiger partial charge in [-0.3, -0.25) is 15.0 Å². The second kappa shape index (κ2) is 7.19. The molecule has 2 fully saturated rings. The lowest BCUT2D eigenvalue weighted by molar-refractivity contribution is -0.402. The van der Waals surface area contributed by atoms with E-state index in [1.54, 1.807) is 0 Å². The number of carbonyl (C=O) groups excluding carboxylic acids is 1. The van der Waals surface area contributed by atoms with E-state index in [2.05, 4.69) is 28.9 Å². The summed E-state index contributed by atoms with van der Waals surface area (Å²) in [6.45, 7) is 6.05. The molecule has 25 heavy (non-hydrogen) atoms. The van der Waals surface area contributed by atoms with Crippen molar-refractivity contribution in [2.45, 2.75) is 19.1 Å². The number of cyclic esters (lactones) is 1. The molecule has 3 rings (SSSR count). The Kier molecular flexibility index (Phi) is 5.00. The van der Waals surface area contributed by atoms with Crippen molar-refractivity contribution in [2.24, 2.45) is 5.10 Å². The Balaban J connectivity index is 1.53. The Bertz CT molecular complexity index is 675. The summed E-state index contributed by atoms with van der Waals surface area (Å²) in [4.78, 5) is 26.4. The van der Waals surface area contributed by atoms with E-state index in [0.717, 1.165) is 19.6 Å². The Morgan fingerprint density at radius 1 is 1.40 bits per heavy atom. The average Bonchev–Trinajstić information content (AvgIpc) is 3.16. The molecule has 2 aliphatic heterocycles. The van der Waals surface area contributed by atoms with E-state index in [1.165, 1.54) is 23.4 Å². The van der Waals surface area contributed by atoms with Crippen molar-refractivity contribution < 1.29 is 18.9 Å². The summed E-state index contributed by atoms with van der Waals surface area (Å²) < 4.78 is 10.3. The number of likely N-dealkylation sites (N-methyl/N-ethyl adjacent to an activating group) is 1. The number of nitrogens with zero attached hydrogens (tertiary/aromatic N) is 5. The van der Waals surface area contributed by atoms with E-state index < -0.39 is 11.0 Å². The fraction of sp³-hybridized carbons (Fsp3) is 0.600. The molecule has 0 N–H and O–H groups in total. The first kappa shape index (κ1) is 17.4. The topological polar surface area (TPSA) is 105 Å². The Labute approximate surface area is 144 Å². The van der Waals surface area contributed by atoms with Crippen LogP contribution in [0.2, 0.25) is 0 Å². The first-order chi connectivity index (χ1) is 11.9. The molecule has 0 radical (unpaired) electrons. The van der Waals surface area contributed by atoms with Crippen LogP contribution in [0.1, 0.15) is 12.7 Å². The van der Waals surface area contributed by atoms with Gasteiger partial charge in [0.15, 0.2) is 5.76 Å². The second-order valence-electron chi connectivity index (χ2n) is 6.35. The monoisotopic (exact) mass is 351 g/mol. The van der Waals surface area contributed by atoms with Crippen LogP contribution < -0.4 is 0 Å². The maximum atomic E-state index is 11.9. The summed E-state index contributed by atoms with van der Waals surface area (Å²) in [6.07, 6.45) is 0.504. The molecular weight excluding hydrogens is 330 g/mol. The summed E-state index contributed by atoms with van der Waals surface area (Å²) in [5.74, 6) is -0.164. The van der Waals surface area contributed by atoms with Crippen molar-refractivity contribution in [3.8, 4) is 0 Å². The van der Waals surface area contributed by atoms with Crippen molar-refractivity contribution in [3.63, 3.8) is 0 Å². The summed E-state index contributed by atoms with van der Waals surface area (Å²) in [6, 6.07) is 3.13. The molecule has 1 aromatic rings. The third-order valence-corrected chi connectivity index (χ3v) is 4.48. The van der Waals surface area contributed by atoms with E-state index >= 15 is 0 Å². The third kappa shape index (κ3) is 4.15. The number of ether oxygens (including phenoxy) is 1. The molecular formula is C15H21N5O5. The van der Waals surface area contributed by atoms with Crippen LogP contribution in [0.4, 0.5) is 10.7 Å². The van der Waals surface area contributed by atoms with Crippen molar-refractivity contribution >= 4 is 18.2 Å². The molecule has 3 heterocycles. The zero-order chi connectivity index (χ0) is 18.0. The van der Waals surface area contributed by atoms with E-state index in [-0.39, 0.29) is 17.7 Å². The number of piperazine rings is 1. The van der Waals surface area contributed by atoms with Gasteiger partial charge >= 0.3 is 12.0 Å². The highest BCUT2D eigenvalue weighted by Crippen LogP contribution is 2.17. The fourth-order valence-corrected chi connectivity index (χ4v) is 2.91. The van der Waals surface area contributed by atoms with Gasteiger partial charge in [0, 0.05) is 32.2 Å². The fourth-order valence-electron chi connectivity index (χ4n) is 2.91. The van der Waals surface area contributed by atoms with Crippen molar-refractivity contribution in [2.75, 3.05) is 39.8 Å². The molecule has 0 spiro atoms. The summed E-state index contributed by atoms with van der Waals surface area (Å²) in [7, 11) is 2.10. The lowest BCUT2D eigenvalue weighted by atomic mass is 10.2. The van der Waals surface area contributed by atoms with E-state index in [0.29, 0.717) is 19.1 Å². The minimum Gasteiger partial charge on any atom is -0.441 e. The van der Waals surface area contributed by atoms with Gasteiger partial charge in [-0.2, -0.15) is 10.1 Å². The molecule has 2 unspecified atom stereocenters. The molecule has 2 atom stereocenters. The highest BCUT2D eigenvalue weighted by molar-refractivity contribution is 5.78. The number of carbonyl (C=O) groups is 1. The SMILES string of the molecule is CC1CN(CC2CN(/N=C/c3ccc([N+](=O)[O-])o3)C(=O)O2)CCN1C. The van der Waals surface area contributed by atoms with Gasteiger partial charge in [0.25, 0.3) is 0 Å². The maximum Gasteiger partial charge on any atom is 0.433 e. The average molecular weight is 351 g/mol. The predicted octanol–water partition coefficient (Wildman–Crippen LogP) is 0.978. The van der Waals surface area contributed by atoms with Gasteiger partial charge in [-0.1, -0.05) is 0 Å². The number of hydrogen-bond donors (Lipinski definition) is 0. The van der Waals surface area contributed by atoms with Crippen LogP contribution >= 0.6 is 0 Å². The summed E-state index contributed by atoms with van der Waals surface area (Å²) >= 11 is 0. The van der Waals surface area contributed by atoms with Gasteiger partial charge in [-0.25, -0.2) is 4.79 Å².